The van der Waals surface area contributed by atoms with E-state index in [2.05, 4.69) is 0 Å². The second kappa shape index (κ2) is 5.67. The molecule has 0 spiro atoms. The SMILES string of the molecule is CC1(C)[C@@H](C=C(Cl)Cl)[C@@H]1C(=O)OCc1ccc2c(c1)OCO2. The standard InChI is InChI=1S/C16H16Cl2O4/c1-16(2)10(6-13(17)18)14(16)15(19)20-7-9-3-4-11-12(5-9)22-8-21-11/h3-6,10,14H,7-8H2,1-2H3/t10-,14+/m0/s1. The molecule has 0 amide bonds. The van der Waals surface area contributed by atoms with Crippen LogP contribution in [0.25, 0.3) is 0 Å². The highest BCUT2D eigenvalue weighted by Crippen LogP contribution is 2.60. The third-order valence-electron chi connectivity index (χ3n) is 4.29. The summed E-state index contributed by atoms with van der Waals surface area (Å²) in [6.45, 7) is 4.42. The number of halogens is 2. The summed E-state index contributed by atoms with van der Waals surface area (Å²) in [5, 5.41) is 0. The van der Waals surface area contributed by atoms with E-state index in [0.717, 1.165) is 5.56 Å². The first-order chi connectivity index (χ1) is 10.4. The van der Waals surface area contributed by atoms with Crippen molar-refractivity contribution < 1.29 is 19.0 Å². The third kappa shape index (κ3) is 2.90. The number of fused-ring (bicyclic) bond motifs is 1. The molecule has 1 aliphatic heterocycles. The van der Waals surface area contributed by atoms with Gasteiger partial charge < -0.3 is 14.2 Å². The van der Waals surface area contributed by atoms with Gasteiger partial charge in [-0.25, -0.2) is 0 Å². The summed E-state index contributed by atoms with van der Waals surface area (Å²) in [5.74, 6) is 0.949. The van der Waals surface area contributed by atoms with Crippen molar-refractivity contribution in [2.45, 2.75) is 20.5 Å². The first-order valence-corrected chi connectivity index (χ1v) is 7.73. The number of hydrogen-bond donors (Lipinski definition) is 0. The van der Waals surface area contributed by atoms with E-state index >= 15 is 0 Å². The van der Waals surface area contributed by atoms with Gasteiger partial charge in [-0.3, -0.25) is 4.79 Å². The molecule has 0 radical (unpaired) electrons. The highest BCUT2D eigenvalue weighted by Gasteiger charge is 2.61. The van der Waals surface area contributed by atoms with Crippen LogP contribution in [-0.2, 0) is 16.1 Å². The fraction of sp³-hybridized carbons (Fsp3) is 0.438. The topological polar surface area (TPSA) is 44.8 Å². The number of allylic oxidation sites excluding steroid dienone is 1. The average Bonchev–Trinajstić information content (AvgIpc) is 2.83. The summed E-state index contributed by atoms with van der Waals surface area (Å²) in [6.07, 6.45) is 1.70. The molecular weight excluding hydrogens is 327 g/mol. The lowest BCUT2D eigenvalue weighted by Gasteiger charge is -2.06. The first-order valence-electron chi connectivity index (χ1n) is 6.97. The number of rotatable bonds is 4. The van der Waals surface area contributed by atoms with Gasteiger partial charge in [-0.05, 0) is 35.1 Å². The van der Waals surface area contributed by atoms with Crippen molar-refractivity contribution in [3.8, 4) is 11.5 Å². The third-order valence-corrected chi connectivity index (χ3v) is 4.54. The summed E-state index contributed by atoms with van der Waals surface area (Å²) >= 11 is 11.4. The molecule has 0 bridgehead atoms. The Morgan fingerprint density at radius 3 is 2.82 bits per heavy atom. The fourth-order valence-electron chi connectivity index (χ4n) is 2.85. The fourth-order valence-corrected chi connectivity index (χ4v) is 3.12. The van der Waals surface area contributed by atoms with Gasteiger partial charge in [0.1, 0.15) is 11.1 Å². The maximum absolute atomic E-state index is 12.2. The zero-order valence-corrected chi connectivity index (χ0v) is 13.8. The van der Waals surface area contributed by atoms with Crippen molar-refractivity contribution in [3.63, 3.8) is 0 Å². The Labute approximate surface area is 138 Å². The predicted molar refractivity (Wildman–Crippen MR) is 82.9 cm³/mol. The molecule has 4 nitrogen and oxygen atoms in total. The molecule has 0 N–H and O–H groups in total. The second-order valence-electron chi connectivity index (χ2n) is 6.08. The van der Waals surface area contributed by atoms with E-state index in [4.69, 9.17) is 37.4 Å². The molecule has 1 aromatic rings. The normalized spacial score (nSPS) is 23.8. The molecule has 1 heterocycles. The van der Waals surface area contributed by atoms with Gasteiger partial charge in [0.25, 0.3) is 0 Å². The van der Waals surface area contributed by atoms with Gasteiger partial charge in [0, 0.05) is 0 Å². The van der Waals surface area contributed by atoms with Crippen molar-refractivity contribution in [3.05, 3.63) is 34.3 Å². The second-order valence-corrected chi connectivity index (χ2v) is 7.08. The van der Waals surface area contributed by atoms with Gasteiger partial charge in [0.2, 0.25) is 6.79 Å². The molecule has 2 aliphatic rings. The monoisotopic (exact) mass is 342 g/mol. The first kappa shape index (κ1) is 15.5. The van der Waals surface area contributed by atoms with Gasteiger partial charge in [-0.1, -0.05) is 43.1 Å². The Bertz CT molecular complexity index is 635. The van der Waals surface area contributed by atoms with Crippen LogP contribution in [0.1, 0.15) is 19.4 Å². The number of carbonyl (C=O) groups is 1. The maximum Gasteiger partial charge on any atom is 0.310 e. The summed E-state index contributed by atoms with van der Waals surface area (Å²) in [5.41, 5.74) is 0.680. The summed E-state index contributed by atoms with van der Waals surface area (Å²) in [7, 11) is 0. The Balaban J connectivity index is 1.60. The molecule has 2 atom stereocenters. The maximum atomic E-state index is 12.2. The van der Waals surface area contributed by atoms with Crippen molar-refractivity contribution >= 4 is 29.2 Å². The summed E-state index contributed by atoms with van der Waals surface area (Å²) in [6, 6.07) is 5.48. The minimum atomic E-state index is -0.237. The minimum Gasteiger partial charge on any atom is -0.461 e. The van der Waals surface area contributed by atoms with E-state index in [-0.39, 0.29) is 41.1 Å². The van der Waals surface area contributed by atoms with Crippen LogP contribution in [0.4, 0.5) is 0 Å². The lowest BCUT2D eigenvalue weighted by molar-refractivity contribution is -0.147. The van der Waals surface area contributed by atoms with Gasteiger partial charge in [0.15, 0.2) is 11.5 Å². The number of hydrogen-bond acceptors (Lipinski definition) is 4. The van der Waals surface area contributed by atoms with E-state index in [1.54, 1.807) is 6.08 Å². The highest BCUT2D eigenvalue weighted by atomic mass is 35.5. The number of carbonyl (C=O) groups excluding carboxylic acids is 1. The van der Waals surface area contributed by atoms with E-state index < -0.39 is 0 Å². The zero-order chi connectivity index (χ0) is 15.9. The smallest absolute Gasteiger partial charge is 0.310 e. The van der Waals surface area contributed by atoms with Crippen LogP contribution in [-0.4, -0.2) is 12.8 Å². The van der Waals surface area contributed by atoms with Gasteiger partial charge in [-0.2, -0.15) is 0 Å². The van der Waals surface area contributed by atoms with Crippen LogP contribution >= 0.6 is 23.2 Å². The van der Waals surface area contributed by atoms with Crippen LogP contribution in [0.15, 0.2) is 28.8 Å². The van der Waals surface area contributed by atoms with Crippen LogP contribution in [0.3, 0.4) is 0 Å². The van der Waals surface area contributed by atoms with Gasteiger partial charge in [0.05, 0.1) is 5.92 Å². The Hall–Kier alpha value is -1.39. The summed E-state index contributed by atoms with van der Waals surface area (Å²) in [4.78, 5) is 12.2. The van der Waals surface area contributed by atoms with Crippen molar-refractivity contribution in [1.82, 2.24) is 0 Å². The van der Waals surface area contributed by atoms with E-state index in [1.165, 1.54) is 0 Å². The molecule has 1 aromatic carbocycles. The molecular formula is C16H16Cl2O4. The molecule has 6 heteroatoms. The lowest BCUT2D eigenvalue weighted by Crippen LogP contribution is -2.10. The van der Waals surface area contributed by atoms with Crippen LogP contribution in [0.2, 0.25) is 0 Å². The van der Waals surface area contributed by atoms with E-state index in [9.17, 15) is 4.79 Å². The molecule has 0 unspecified atom stereocenters. The van der Waals surface area contributed by atoms with Crippen LogP contribution in [0, 0.1) is 17.3 Å². The molecule has 1 fully saturated rings. The van der Waals surface area contributed by atoms with Crippen molar-refractivity contribution in [2.75, 3.05) is 6.79 Å². The molecule has 0 aromatic heterocycles. The van der Waals surface area contributed by atoms with E-state index in [1.807, 2.05) is 32.0 Å². The Morgan fingerprint density at radius 1 is 1.36 bits per heavy atom. The number of benzene rings is 1. The Morgan fingerprint density at radius 2 is 2.09 bits per heavy atom. The van der Waals surface area contributed by atoms with Crippen molar-refractivity contribution in [2.24, 2.45) is 17.3 Å². The largest absolute Gasteiger partial charge is 0.461 e. The molecule has 118 valence electrons. The highest BCUT2D eigenvalue weighted by molar-refractivity contribution is 6.55. The van der Waals surface area contributed by atoms with Crippen LogP contribution < -0.4 is 9.47 Å². The average molecular weight is 343 g/mol. The molecule has 1 aliphatic carbocycles. The quantitative estimate of drug-likeness (QED) is 0.774. The molecule has 22 heavy (non-hydrogen) atoms. The molecule has 1 saturated carbocycles. The van der Waals surface area contributed by atoms with Crippen LogP contribution in [0.5, 0.6) is 11.5 Å². The molecule has 0 saturated heterocycles. The minimum absolute atomic E-state index is 0.0155. The molecule has 3 rings (SSSR count). The zero-order valence-electron chi connectivity index (χ0n) is 12.3. The predicted octanol–water partition coefficient (Wildman–Crippen LogP) is 4.05. The summed E-state index contributed by atoms with van der Waals surface area (Å²) < 4.78 is 16.1. The number of ether oxygens (including phenoxy) is 3. The van der Waals surface area contributed by atoms with Gasteiger partial charge in [-0.15, -0.1) is 0 Å². The van der Waals surface area contributed by atoms with Gasteiger partial charge >= 0.3 is 5.97 Å². The van der Waals surface area contributed by atoms with E-state index in [0.29, 0.717) is 11.5 Å². The van der Waals surface area contributed by atoms with Crippen molar-refractivity contribution in [1.29, 1.82) is 0 Å². The lowest BCUT2D eigenvalue weighted by atomic mass is 10.1. The number of esters is 1. The Kier molecular flexibility index (Phi) is 4.00.